The smallest absolute Gasteiger partial charge is 0.407 e. The Morgan fingerprint density at radius 3 is 2.36 bits per heavy atom. The second-order valence-electron chi connectivity index (χ2n) is 7.29. The summed E-state index contributed by atoms with van der Waals surface area (Å²) in [6, 6.07) is -1.16. The topological polar surface area (TPSA) is 125 Å². The van der Waals surface area contributed by atoms with E-state index in [-0.39, 0.29) is 18.9 Å². The van der Waals surface area contributed by atoms with E-state index in [0.29, 0.717) is 6.41 Å². The van der Waals surface area contributed by atoms with Crippen LogP contribution in [-0.2, 0) is 19.1 Å². The zero-order chi connectivity index (χ0) is 19.4. The Balaban J connectivity index is 3.05. The zero-order valence-electron chi connectivity index (χ0n) is 15.2. The van der Waals surface area contributed by atoms with Crippen molar-refractivity contribution >= 4 is 24.4 Å². The Bertz CT molecular complexity index is 530. The standard InChI is InChI=1S/C16H27N3O6/c1-9(21)17-7-11-10(14(22)23)6-12(19(5)8-20)13(11)18-15(24)25-16(2,3)4/h8,10-13H,6-7H2,1-5H3,(H,17,21)(H,18,24)(H,22,23)/t10-,11+,12+,13+/m1/s1. The van der Waals surface area contributed by atoms with Gasteiger partial charge in [-0.2, -0.15) is 0 Å². The number of nitrogens with one attached hydrogen (secondary N) is 2. The molecular formula is C16H27N3O6. The molecule has 0 aromatic heterocycles. The summed E-state index contributed by atoms with van der Waals surface area (Å²) in [5.74, 6) is -2.71. The van der Waals surface area contributed by atoms with Crippen molar-refractivity contribution in [2.45, 2.75) is 51.8 Å². The third-order valence-electron chi connectivity index (χ3n) is 4.16. The predicted molar refractivity (Wildman–Crippen MR) is 88.7 cm³/mol. The van der Waals surface area contributed by atoms with Gasteiger partial charge in [-0.3, -0.25) is 14.4 Å². The molecule has 0 aromatic carbocycles. The molecule has 0 radical (unpaired) electrons. The van der Waals surface area contributed by atoms with Gasteiger partial charge < -0.3 is 25.4 Å². The summed E-state index contributed by atoms with van der Waals surface area (Å²) < 4.78 is 5.24. The molecule has 0 aromatic rings. The van der Waals surface area contributed by atoms with E-state index in [9.17, 15) is 24.3 Å². The molecule has 1 saturated carbocycles. The van der Waals surface area contributed by atoms with Gasteiger partial charge in [0.15, 0.2) is 0 Å². The number of carbonyl (C=O) groups excluding carboxylic acids is 3. The number of aliphatic carboxylic acids is 1. The van der Waals surface area contributed by atoms with Gasteiger partial charge in [-0.05, 0) is 27.2 Å². The fourth-order valence-electron chi connectivity index (χ4n) is 3.08. The number of carboxylic acid groups (broad SMARTS) is 1. The molecule has 0 saturated heterocycles. The summed E-state index contributed by atoms with van der Waals surface area (Å²) >= 11 is 0. The van der Waals surface area contributed by atoms with Gasteiger partial charge in [-0.15, -0.1) is 0 Å². The van der Waals surface area contributed by atoms with Crippen molar-refractivity contribution in [2.75, 3.05) is 13.6 Å². The molecule has 1 aliphatic carbocycles. The Kier molecular flexibility index (Phi) is 6.78. The number of carboxylic acids is 1. The van der Waals surface area contributed by atoms with E-state index in [1.54, 1.807) is 20.8 Å². The number of hydrogen-bond acceptors (Lipinski definition) is 5. The third-order valence-corrected chi connectivity index (χ3v) is 4.16. The minimum atomic E-state index is -1.03. The van der Waals surface area contributed by atoms with Crippen LogP contribution in [-0.4, -0.2) is 65.7 Å². The van der Waals surface area contributed by atoms with Crippen LogP contribution in [0.25, 0.3) is 0 Å². The highest BCUT2D eigenvalue weighted by Gasteiger charge is 2.49. The zero-order valence-corrected chi connectivity index (χ0v) is 15.2. The van der Waals surface area contributed by atoms with E-state index in [4.69, 9.17) is 4.74 Å². The third kappa shape index (κ3) is 5.91. The van der Waals surface area contributed by atoms with E-state index in [1.807, 2.05) is 0 Å². The highest BCUT2D eigenvalue weighted by atomic mass is 16.6. The molecule has 4 atom stereocenters. The summed E-state index contributed by atoms with van der Waals surface area (Å²) in [7, 11) is 1.53. The summed E-state index contributed by atoms with van der Waals surface area (Å²) in [5.41, 5.74) is -0.714. The molecule has 9 heteroatoms. The van der Waals surface area contributed by atoms with Gasteiger partial charge >= 0.3 is 12.1 Å². The lowest BCUT2D eigenvalue weighted by Gasteiger charge is -2.31. The van der Waals surface area contributed by atoms with Crippen molar-refractivity contribution in [3.63, 3.8) is 0 Å². The molecule has 25 heavy (non-hydrogen) atoms. The molecule has 1 rings (SSSR count). The lowest BCUT2D eigenvalue weighted by atomic mass is 9.93. The molecule has 1 aliphatic rings. The van der Waals surface area contributed by atoms with Crippen LogP contribution in [0.15, 0.2) is 0 Å². The molecule has 0 heterocycles. The Morgan fingerprint density at radius 1 is 1.32 bits per heavy atom. The molecule has 3 N–H and O–H groups in total. The first-order chi connectivity index (χ1) is 11.5. The van der Waals surface area contributed by atoms with Crippen molar-refractivity contribution in [2.24, 2.45) is 11.8 Å². The minimum absolute atomic E-state index is 0.0793. The van der Waals surface area contributed by atoms with Crippen molar-refractivity contribution in [3.05, 3.63) is 0 Å². The first-order valence-electron chi connectivity index (χ1n) is 8.10. The van der Waals surface area contributed by atoms with Crippen LogP contribution in [0.3, 0.4) is 0 Å². The highest BCUT2D eigenvalue weighted by Crippen LogP contribution is 2.35. The Morgan fingerprint density at radius 2 is 1.92 bits per heavy atom. The number of ether oxygens (including phenoxy) is 1. The van der Waals surface area contributed by atoms with E-state index < -0.39 is 41.6 Å². The largest absolute Gasteiger partial charge is 0.481 e. The van der Waals surface area contributed by atoms with Crippen LogP contribution in [0, 0.1) is 11.8 Å². The molecular weight excluding hydrogens is 330 g/mol. The van der Waals surface area contributed by atoms with Gasteiger partial charge in [-0.25, -0.2) is 4.79 Å². The van der Waals surface area contributed by atoms with Crippen molar-refractivity contribution in [3.8, 4) is 0 Å². The van der Waals surface area contributed by atoms with Gasteiger partial charge in [0.1, 0.15) is 5.60 Å². The number of nitrogens with zero attached hydrogens (tertiary/aromatic N) is 1. The lowest BCUT2D eigenvalue weighted by Crippen LogP contribution is -2.53. The number of rotatable bonds is 6. The van der Waals surface area contributed by atoms with Crippen molar-refractivity contribution < 1.29 is 29.0 Å². The number of likely N-dealkylation sites (N-methyl/N-ethyl adjacent to an activating group) is 1. The predicted octanol–water partition coefficient (Wildman–Crippen LogP) is 0.193. The van der Waals surface area contributed by atoms with Gasteiger partial charge in [0, 0.05) is 26.4 Å². The van der Waals surface area contributed by atoms with Crippen LogP contribution in [0.1, 0.15) is 34.1 Å². The van der Waals surface area contributed by atoms with Gasteiger partial charge in [0.25, 0.3) is 0 Å². The number of hydrogen-bond donors (Lipinski definition) is 3. The first-order valence-corrected chi connectivity index (χ1v) is 8.10. The van der Waals surface area contributed by atoms with Crippen LogP contribution < -0.4 is 10.6 Å². The summed E-state index contributed by atoms with van der Waals surface area (Å²) in [4.78, 5) is 47.5. The number of alkyl carbamates (subject to hydrolysis) is 1. The minimum Gasteiger partial charge on any atom is -0.481 e. The van der Waals surface area contributed by atoms with Gasteiger partial charge in [-0.1, -0.05) is 0 Å². The average Bonchev–Trinajstić information content (AvgIpc) is 2.80. The second-order valence-corrected chi connectivity index (χ2v) is 7.29. The van der Waals surface area contributed by atoms with E-state index >= 15 is 0 Å². The molecule has 9 nitrogen and oxygen atoms in total. The van der Waals surface area contributed by atoms with E-state index in [0.717, 1.165) is 0 Å². The Hall–Kier alpha value is -2.32. The number of carbonyl (C=O) groups is 4. The van der Waals surface area contributed by atoms with Crippen LogP contribution >= 0.6 is 0 Å². The average molecular weight is 357 g/mol. The van der Waals surface area contributed by atoms with Crippen LogP contribution in [0.4, 0.5) is 4.79 Å². The van der Waals surface area contributed by atoms with Crippen LogP contribution in [0.5, 0.6) is 0 Å². The van der Waals surface area contributed by atoms with Crippen LogP contribution in [0.2, 0.25) is 0 Å². The van der Waals surface area contributed by atoms with Gasteiger partial charge in [0.2, 0.25) is 12.3 Å². The quantitative estimate of drug-likeness (QED) is 0.583. The monoisotopic (exact) mass is 357 g/mol. The first kappa shape index (κ1) is 20.7. The number of amides is 3. The maximum Gasteiger partial charge on any atom is 0.407 e. The van der Waals surface area contributed by atoms with Crippen molar-refractivity contribution in [1.29, 1.82) is 0 Å². The lowest BCUT2D eigenvalue weighted by molar-refractivity contribution is -0.143. The highest BCUT2D eigenvalue weighted by molar-refractivity contribution is 5.74. The second kappa shape index (κ2) is 8.17. The summed E-state index contributed by atoms with van der Waals surface area (Å²) in [5, 5.41) is 14.8. The molecule has 3 amide bonds. The van der Waals surface area contributed by atoms with Gasteiger partial charge in [0.05, 0.1) is 18.0 Å². The molecule has 0 spiro atoms. The molecule has 0 bridgehead atoms. The molecule has 0 unspecified atom stereocenters. The maximum absolute atomic E-state index is 12.2. The maximum atomic E-state index is 12.2. The summed E-state index contributed by atoms with van der Waals surface area (Å²) in [6.45, 7) is 6.55. The molecule has 142 valence electrons. The fourth-order valence-corrected chi connectivity index (χ4v) is 3.08. The SMILES string of the molecule is CC(=O)NC[C@@H]1[C@H](NC(=O)OC(C)(C)C)[C@@H](N(C)C=O)C[C@H]1C(=O)O. The fraction of sp³-hybridized carbons (Fsp3) is 0.750. The summed E-state index contributed by atoms with van der Waals surface area (Å²) in [6.07, 6.45) is 0.0735. The Labute approximate surface area is 147 Å². The van der Waals surface area contributed by atoms with Crippen molar-refractivity contribution in [1.82, 2.24) is 15.5 Å². The van der Waals surface area contributed by atoms with E-state index in [2.05, 4.69) is 10.6 Å². The normalized spacial score (nSPS) is 25.8. The van der Waals surface area contributed by atoms with E-state index in [1.165, 1.54) is 18.9 Å². The molecule has 0 aliphatic heterocycles. The molecule has 1 fully saturated rings.